The van der Waals surface area contributed by atoms with Gasteiger partial charge in [-0.25, -0.2) is 9.97 Å². The third-order valence-corrected chi connectivity index (χ3v) is 3.12. The van der Waals surface area contributed by atoms with Gasteiger partial charge >= 0.3 is 0 Å². The van der Waals surface area contributed by atoms with Gasteiger partial charge in [-0.1, -0.05) is 25.6 Å². The lowest BCUT2D eigenvalue weighted by Gasteiger charge is -2.19. The van der Waals surface area contributed by atoms with Crippen LogP contribution >= 0.6 is 11.8 Å². The summed E-state index contributed by atoms with van der Waals surface area (Å²) in [5.41, 5.74) is 0.741. The van der Waals surface area contributed by atoms with Crippen molar-refractivity contribution in [1.82, 2.24) is 9.97 Å². The molecule has 0 aromatic carbocycles. The smallest absolute Gasteiger partial charge is 0.189 e. The van der Waals surface area contributed by atoms with E-state index in [4.69, 9.17) is 0 Å². The number of rotatable bonds is 5. The monoisotopic (exact) mass is 241 g/mol. The summed E-state index contributed by atoms with van der Waals surface area (Å²) in [6.45, 7) is 6.36. The number of hydrogen-bond acceptors (Lipinski definition) is 5. The highest BCUT2D eigenvalue weighted by molar-refractivity contribution is 7.98. The normalized spacial score (nSPS) is 12.9. The number of aliphatic hydroxyl groups is 1. The summed E-state index contributed by atoms with van der Waals surface area (Å²) >= 11 is 1.49. The Balaban J connectivity index is 2.91. The number of nitrogens with one attached hydrogen (secondary N) is 1. The first-order valence-electron chi connectivity index (χ1n) is 5.35. The average molecular weight is 241 g/mol. The summed E-state index contributed by atoms with van der Waals surface area (Å²) in [5, 5.41) is 13.2. The number of aromatic nitrogens is 2. The van der Waals surface area contributed by atoms with E-state index in [9.17, 15) is 5.11 Å². The molecule has 1 aromatic heterocycles. The second-order valence-corrected chi connectivity index (χ2v) is 4.84. The molecule has 1 aromatic rings. The molecule has 1 rings (SSSR count). The fourth-order valence-corrected chi connectivity index (χ4v) is 1.45. The highest BCUT2D eigenvalue weighted by Gasteiger charge is 2.11. The molecule has 0 spiro atoms. The number of aliphatic hydroxyl groups excluding tert-OH is 1. The third-order valence-electron chi connectivity index (χ3n) is 2.56. The molecule has 0 aliphatic rings. The first-order valence-corrected chi connectivity index (χ1v) is 6.58. The van der Waals surface area contributed by atoms with Crippen molar-refractivity contribution in [1.29, 1.82) is 0 Å². The van der Waals surface area contributed by atoms with E-state index in [0.717, 1.165) is 16.5 Å². The topological polar surface area (TPSA) is 58.0 Å². The first kappa shape index (κ1) is 13.3. The molecule has 0 aliphatic heterocycles. The summed E-state index contributed by atoms with van der Waals surface area (Å²) in [4.78, 5) is 8.50. The van der Waals surface area contributed by atoms with E-state index < -0.39 is 0 Å². The molecule has 1 atom stereocenters. The molecule has 16 heavy (non-hydrogen) atoms. The van der Waals surface area contributed by atoms with E-state index >= 15 is 0 Å². The minimum Gasteiger partial charge on any atom is -0.391 e. The summed E-state index contributed by atoms with van der Waals surface area (Å²) in [5.74, 6) is 1.25. The van der Waals surface area contributed by atoms with Gasteiger partial charge in [-0.05, 0) is 19.1 Å². The largest absolute Gasteiger partial charge is 0.391 e. The molecule has 0 amide bonds. The van der Waals surface area contributed by atoms with Crippen molar-refractivity contribution >= 4 is 17.6 Å². The standard InChI is InChI=1S/C11H19N3OS/c1-7(2)8(3)13-10-9(6-15)5-12-11(14-10)16-4/h5,7-8,15H,6H2,1-4H3,(H,12,13,14). The van der Waals surface area contributed by atoms with E-state index in [1.165, 1.54) is 11.8 Å². The van der Waals surface area contributed by atoms with Gasteiger partial charge in [-0.15, -0.1) is 0 Å². The molecule has 0 radical (unpaired) electrons. The second kappa shape index (κ2) is 6.06. The van der Waals surface area contributed by atoms with Gasteiger partial charge in [0.25, 0.3) is 0 Å². The fourth-order valence-electron chi connectivity index (χ4n) is 1.11. The maximum Gasteiger partial charge on any atom is 0.189 e. The Morgan fingerprint density at radius 2 is 2.12 bits per heavy atom. The molecule has 0 saturated heterocycles. The van der Waals surface area contributed by atoms with Gasteiger partial charge < -0.3 is 10.4 Å². The molecular formula is C11H19N3OS. The van der Waals surface area contributed by atoms with Crippen LogP contribution in [0.4, 0.5) is 5.82 Å². The van der Waals surface area contributed by atoms with E-state index in [-0.39, 0.29) is 6.61 Å². The van der Waals surface area contributed by atoms with Crippen LogP contribution in [0.1, 0.15) is 26.3 Å². The number of thioether (sulfide) groups is 1. The Bertz CT molecular complexity index is 344. The van der Waals surface area contributed by atoms with Crippen LogP contribution < -0.4 is 5.32 Å². The van der Waals surface area contributed by atoms with Crippen LogP contribution in [0.5, 0.6) is 0 Å². The third kappa shape index (κ3) is 3.35. The highest BCUT2D eigenvalue weighted by atomic mass is 32.2. The van der Waals surface area contributed by atoms with E-state index in [0.29, 0.717) is 12.0 Å². The van der Waals surface area contributed by atoms with Crippen molar-refractivity contribution in [3.63, 3.8) is 0 Å². The number of nitrogens with zero attached hydrogens (tertiary/aromatic N) is 2. The molecule has 0 bridgehead atoms. The zero-order valence-corrected chi connectivity index (χ0v) is 11.0. The molecule has 4 nitrogen and oxygen atoms in total. The predicted octanol–water partition coefficient (Wildman–Crippen LogP) is 2.15. The van der Waals surface area contributed by atoms with Crippen molar-refractivity contribution in [3.8, 4) is 0 Å². The Labute approximate surface area is 101 Å². The van der Waals surface area contributed by atoms with Gasteiger partial charge in [0.1, 0.15) is 5.82 Å². The Morgan fingerprint density at radius 1 is 1.44 bits per heavy atom. The number of anilines is 1. The molecule has 5 heteroatoms. The van der Waals surface area contributed by atoms with Gasteiger partial charge in [0.15, 0.2) is 5.16 Å². The van der Waals surface area contributed by atoms with Gasteiger partial charge in [0.05, 0.1) is 6.61 Å². The zero-order chi connectivity index (χ0) is 12.1. The van der Waals surface area contributed by atoms with Crippen molar-refractivity contribution in [3.05, 3.63) is 11.8 Å². The Kier molecular flexibility index (Phi) is 5.02. The van der Waals surface area contributed by atoms with Crippen molar-refractivity contribution < 1.29 is 5.11 Å². The van der Waals surface area contributed by atoms with Crippen LogP contribution in [-0.2, 0) is 6.61 Å². The van der Waals surface area contributed by atoms with E-state index in [1.54, 1.807) is 6.20 Å². The van der Waals surface area contributed by atoms with Gasteiger partial charge in [-0.3, -0.25) is 0 Å². The van der Waals surface area contributed by atoms with Crippen LogP contribution in [0.25, 0.3) is 0 Å². The van der Waals surface area contributed by atoms with E-state index in [2.05, 4.69) is 36.1 Å². The van der Waals surface area contributed by atoms with Gasteiger partial charge in [-0.2, -0.15) is 0 Å². The van der Waals surface area contributed by atoms with Crippen LogP contribution in [-0.4, -0.2) is 27.4 Å². The Morgan fingerprint density at radius 3 is 2.62 bits per heavy atom. The van der Waals surface area contributed by atoms with Crippen LogP contribution in [0, 0.1) is 5.92 Å². The Hall–Kier alpha value is -0.810. The first-order chi connectivity index (χ1) is 7.58. The lowest BCUT2D eigenvalue weighted by Crippen LogP contribution is -2.23. The quantitative estimate of drug-likeness (QED) is 0.611. The van der Waals surface area contributed by atoms with E-state index in [1.807, 2.05) is 6.26 Å². The maximum absolute atomic E-state index is 9.21. The average Bonchev–Trinajstić information content (AvgIpc) is 2.28. The summed E-state index contributed by atoms with van der Waals surface area (Å²) in [6.07, 6.45) is 3.61. The molecule has 1 unspecified atom stereocenters. The molecule has 1 heterocycles. The highest BCUT2D eigenvalue weighted by Crippen LogP contribution is 2.18. The summed E-state index contributed by atoms with van der Waals surface area (Å²) < 4.78 is 0. The van der Waals surface area contributed by atoms with Crippen molar-refractivity contribution in [2.45, 2.75) is 38.6 Å². The van der Waals surface area contributed by atoms with Crippen LogP contribution in [0.15, 0.2) is 11.4 Å². The molecule has 90 valence electrons. The summed E-state index contributed by atoms with van der Waals surface area (Å²) in [6, 6.07) is 0.315. The van der Waals surface area contributed by atoms with Crippen molar-refractivity contribution in [2.75, 3.05) is 11.6 Å². The minimum absolute atomic E-state index is 0.0399. The lowest BCUT2D eigenvalue weighted by atomic mass is 10.1. The van der Waals surface area contributed by atoms with Crippen LogP contribution in [0.3, 0.4) is 0 Å². The predicted molar refractivity (Wildman–Crippen MR) is 67.7 cm³/mol. The molecule has 0 saturated carbocycles. The molecule has 0 aliphatic carbocycles. The lowest BCUT2D eigenvalue weighted by molar-refractivity contribution is 0.281. The van der Waals surface area contributed by atoms with Gasteiger partial charge in [0.2, 0.25) is 0 Å². The molecule has 0 fully saturated rings. The maximum atomic E-state index is 9.21. The number of hydrogen-bond donors (Lipinski definition) is 2. The minimum atomic E-state index is -0.0399. The van der Waals surface area contributed by atoms with Gasteiger partial charge in [0, 0.05) is 17.8 Å². The van der Waals surface area contributed by atoms with Crippen LogP contribution in [0.2, 0.25) is 0 Å². The molecular weight excluding hydrogens is 222 g/mol. The summed E-state index contributed by atoms with van der Waals surface area (Å²) in [7, 11) is 0. The molecule has 2 N–H and O–H groups in total. The SMILES string of the molecule is CSc1ncc(CO)c(NC(C)C(C)C)n1. The van der Waals surface area contributed by atoms with Crippen molar-refractivity contribution in [2.24, 2.45) is 5.92 Å². The zero-order valence-electron chi connectivity index (χ0n) is 10.2. The fraction of sp³-hybridized carbons (Fsp3) is 0.636. The second-order valence-electron chi connectivity index (χ2n) is 4.07.